The number of rotatable bonds is 6. The van der Waals surface area contributed by atoms with Gasteiger partial charge in [-0.1, -0.05) is 32.9 Å². The number of carbonyl (C=O) groups is 2. The number of nitrogens with zero attached hydrogens (tertiary/aromatic N) is 2. The van der Waals surface area contributed by atoms with Crippen molar-refractivity contribution in [3.8, 4) is 0 Å². The molecule has 1 aromatic carbocycles. The van der Waals surface area contributed by atoms with Crippen LogP contribution in [0.25, 0.3) is 0 Å². The van der Waals surface area contributed by atoms with Crippen LogP contribution in [-0.2, 0) is 11.2 Å². The molecule has 3 aliphatic rings. The van der Waals surface area contributed by atoms with E-state index in [1.54, 1.807) is 23.5 Å². The van der Waals surface area contributed by atoms with E-state index in [-0.39, 0.29) is 16.9 Å². The van der Waals surface area contributed by atoms with Gasteiger partial charge >= 0.3 is 5.97 Å². The van der Waals surface area contributed by atoms with Gasteiger partial charge in [0.15, 0.2) is 0 Å². The first-order valence-electron chi connectivity index (χ1n) is 12.5. The van der Waals surface area contributed by atoms with Gasteiger partial charge in [-0.3, -0.25) is 9.79 Å². The van der Waals surface area contributed by atoms with Crippen LogP contribution in [0.1, 0.15) is 90.9 Å². The van der Waals surface area contributed by atoms with Gasteiger partial charge in [-0.25, -0.2) is 4.79 Å². The van der Waals surface area contributed by atoms with Crippen molar-refractivity contribution in [1.29, 1.82) is 0 Å². The number of carboxylic acid groups (broad SMARTS) is 1. The molecular weight excluding hydrogens is 444 g/mol. The third kappa shape index (κ3) is 4.45. The first-order chi connectivity index (χ1) is 16.2. The standard InChI is InChI=1S/C28H34N2O3S/c1-27(2,3)21-12-15-28(16-13-21)29-24(23-11-10-22(34-23)19-8-9-19)25(31)30(28)17-14-18-4-6-20(7-5-18)26(32)33/h4-7,10-11,19,21H,8-9,12-17H2,1-3H3,(H,32,33). The highest BCUT2D eigenvalue weighted by Gasteiger charge is 2.50. The van der Waals surface area contributed by atoms with Crippen LogP contribution in [0.4, 0.5) is 0 Å². The maximum atomic E-state index is 13.7. The summed E-state index contributed by atoms with van der Waals surface area (Å²) in [6.45, 7) is 7.54. The lowest BCUT2D eigenvalue weighted by atomic mass is 9.69. The van der Waals surface area contributed by atoms with E-state index in [2.05, 4.69) is 32.9 Å². The van der Waals surface area contributed by atoms with Crippen LogP contribution in [-0.4, -0.2) is 39.8 Å². The lowest BCUT2D eigenvalue weighted by Crippen LogP contribution is -2.50. The lowest BCUT2D eigenvalue weighted by Gasteiger charge is -2.44. The highest BCUT2D eigenvalue weighted by atomic mass is 32.1. The van der Waals surface area contributed by atoms with E-state index in [0.29, 0.717) is 30.5 Å². The molecule has 2 saturated carbocycles. The Kier molecular flexibility index (Phi) is 5.91. The van der Waals surface area contributed by atoms with Crippen LogP contribution in [0, 0.1) is 11.3 Å². The molecule has 34 heavy (non-hydrogen) atoms. The van der Waals surface area contributed by atoms with Crippen LogP contribution in [0.2, 0.25) is 0 Å². The molecule has 1 aromatic heterocycles. The Morgan fingerprint density at radius 3 is 2.35 bits per heavy atom. The van der Waals surface area contributed by atoms with Crippen molar-refractivity contribution in [2.24, 2.45) is 16.3 Å². The van der Waals surface area contributed by atoms with E-state index in [1.807, 2.05) is 17.0 Å². The molecule has 1 N–H and O–H groups in total. The van der Waals surface area contributed by atoms with Gasteiger partial charge in [0.1, 0.15) is 11.4 Å². The van der Waals surface area contributed by atoms with E-state index in [1.165, 1.54) is 17.7 Å². The number of carbonyl (C=O) groups excluding carboxylic acids is 1. The fraction of sp³-hybridized carbons (Fsp3) is 0.536. The zero-order chi connectivity index (χ0) is 24.1. The van der Waals surface area contributed by atoms with Crippen molar-refractivity contribution >= 4 is 28.9 Å². The van der Waals surface area contributed by atoms with Gasteiger partial charge in [0, 0.05) is 11.4 Å². The molecule has 2 fully saturated rings. The molecule has 2 aromatic rings. The minimum atomic E-state index is -0.921. The van der Waals surface area contributed by atoms with Crippen LogP contribution in [0.3, 0.4) is 0 Å². The van der Waals surface area contributed by atoms with Crippen LogP contribution in [0.15, 0.2) is 41.4 Å². The third-order valence-corrected chi connectivity index (χ3v) is 9.20. The summed E-state index contributed by atoms with van der Waals surface area (Å²) in [6.07, 6.45) is 7.17. The monoisotopic (exact) mass is 478 g/mol. The fourth-order valence-electron chi connectivity index (χ4n) is 5.55. The predicted molar refractivity (Wildman–Crippen MR) is 136 cm³/mol. The van der Waals surface area contributed by atoms with E-state index < -0.39 is 11.6 Å². The maximum absolute atomic E-state index is 13.7. The summed E-state index contributed by atoms with van der Waals surface area (Å²) in [5, 5.41) is 9.17. The Morgan fingerprint density at radius 2 is 1.76 bits per heavy atom. The zero-order valence-corrected chi connectivity index (χ0v) is 21.2. The number of hydrogen-bond donors (Lipinski definition) is 1. The molecule has 0 bridgehead atoms. The quantitative estimate of drug-likeness (QED) is 0.543. The summed E-state index contributed by atoms with van der Waals surface area (Å²) in [5.41, 5.74) is 1.79. The summed E-state index contributed by atoms with van der Waals surface area (Å²) in [4.78, 5) is 34.5. The molecule has 180 valence electrons. The van der Waals surface area contributed by atoms with Crippen molar-refractivity contribution in [3.05, 3.63) is 57.3 Å². The Labute approximate surface area is 205 Å². The summed E-state index contributed by atoms with van der Waals surface area (Å²) < 4.78 is 0. The van der Waals surface area contributed by atoms with E-state index >= 15 is 0 Å². The highest BCUT2D eigenvalue weighted by Crippen LogP contribution is 2.48. The number of carboxylic acids is 1. The average Bonchev–Trinajstić information content (AvgIpc) is 3.48. The van der Waals surface area contributed by atoms with Gasteiger partial charge in [0.05, 0.1) is 10.4 Å². The largest absolute Gasteiger partial charge is 0.478 e. The van der Waals surface area contributed by atoms with Gasteiger partial charge in [0.2, 0.25) is 0 Å². The topological polar surface area (TPSA) is 70.0 Å². The minimum absolute atomic E-state index is 0.0561. The third-order valence-electron chi connectivity index (χ3n) is 7.95. The smallest absolute Gasteiger partial charge is 0.335 e. The molecule has 6 heteroatoms. The van der Waals surface area contributed by atoms with Crippen molar-refractivity contribution < 1.29 is 14.7 Å². The molecule has 0 unspecified atom stereocenters. The van der Waals surface area contributed by atoms with Crippen molar-refractivity contribution in [2.45, 2.75) is 77.3 Å². The summed E-state index contributed by atoms with van der Waals surface area (Å²) in [6, 6.07) is 11.3. The van der Waals surface area contributed by atoms with Gasteiger partial charge < -0.3 is 10.0 Å². The summed E-state index contributed by atoms with van der Waals surface area (Å²) in [5.74, 6) is 0.453. The molecule has 0 radical (unpaired) electrons. The number of amides is 1. The molecule has 1 spiro atoms. The van der Waals surface area contributed by atoms with Gasteiger partial charge in [0.25, 0.3) is 5.91 Å². The maximum Gasteiger partial charge on any atom is 0.335 e. The van der Waals surface area contributed by atoms with Gasteiger partial charge in [-0.15, -0.1) is 11.3 Å². The molecule has 1 amide bonds. The highest BCUT2D eigenvalue weighted by molar-refractivity contribution is 7.15. The molecular formula is C28H34N2O3S. The van der Waals surface area contributed by atoms with E-state index in [9.17, 15) is 9.59 Å². The second kappa shape index (κ2) is 8.63. The number of benzene rings is 1. The first kappa shape index (κ1) is 23.3. The molecule has 5 rings (SSSR count). The number of hydrogen-bond acceptors (Lipinski definition) is 4. The molecule has 0 saturated heterocycles. The van der Waals surface area contributed by atoms with Crippen molar-refractivity contribution in [1.82, 2.24) is 4.90 Å². The normalized spacial score (nSPS) is 25.1. The van der Waals surface area contributed by atoms with Crippen LogP contribution >= 0.6 is 11.3 Å². The van der Waals surface area contributed by atoms with E-state index in [0.717, 1.165) is 36.1 Å². The molecule has 1 aliphatic heterocycles. The van der Waals surface area contributed by atoms with E-state index in [4.69, 9.17) is 10.1 Å². The fourth-order valence-corrected chi connectivity index (χ4v) is 6.71. The van der Waals surface area contributed by atoms with Crippen molar-refractivity contribution in [2.75, 3.05) is 6.54 Å². The lowest BCUT2D eigenvalue weighted by molar-refractivity contribution is -0.129. The molecule has 2 aliphatic carbocycles. The number of thiophene rings is 1. The predicted octanol–water partition coefficient (Wildman–Crippen LogP) is 6.13. The Morgan fingerprint density at radius 1 is 1.09 bits per heavy atom. The van der Waals surface area contributed by atoms with Crippen molar-refractivity contribution in [3.63, 3.8) is 0 Å². The second-order valence-corrected chi connectivity index (χ2v) is 12.4. The van der Waals surface area contributed by atoms with Crippen LogP contribution in [0.5, 0.6) is 0 Å². The molecule has 5 nitrogen and oxygen atoms in total. The Balaban J connectivity index is 1.39. The molecule has 2 heterocycles. The summed E-state index contributed by atoms with van der Waals surface area (Å²) in [7, 11) is 0. The Bertz CT molecular complexity index is 1110. The SMILES string of the molecule is CC(C)(C)C1CCC2(CC1)N=C(c1ccc(C3CC3)s1)C(=O)N2CCc1ccc(C(=O)O)cc1. The second-order valence-electron chi connectivity index (χ2n) is 11.3. The average molecular weight is 479 g/mol. The minimum Gasteiger partial charge on any atom is -0.478 e. The van der Waals surface area contributed by atoms with Gasteiger partial charge in [-0.2, -0.15) is 0 Å². The Hall–Kier alpha value is -2.47. The van der Waals surface area contributed by atoms with Gasteiger partial charge in [-0.05, 0) is 92.0 Å². The van der Waals surface area contributed by atoms with Crippen LogP contribution < -0.4 is 0 Å². The zero-order valence-electron chi connectivity index (χ0n) is 20.3. The summed E-state index contributed by atoms with van der Waals surface area (Å²) >= 11 is 1.74. The number of aliphatic imine (C=N–C) groups is 1. The molecule has 0 atom stereocenters. The first-order valence-corrected chi connectivity index (χ1v) is 13.3. The number of aromatic carboxylic acids is 1.